The molecule has 0 spiro atoms. The van der Waals surface area contributed by atoms with E-state index in [-0.39, 0.29) is 0 Å². The van der Waals surface area contributed by atoms with E-state index in [1.165, 1.54) is 0 Å². The second kappa shape index (κ2) is 3.10. The highest BCUT2D eigenvalue weighted by Crippen LogP contribution is 2.28. The smallest absolute Gasteiger partial charge is 0.328 e. The van der Waals surface area contributed by atoms with E-state index in [2.05, 4.69) is 10.1 Å². The lowest BCUT2D eigenvalue weighted by Crippen LogP contribution is -2.33. The Morgan fingerprint density at radius 3 is 2.50 bits per heavy atom. The maximum Gasteiger partial charge on any atom is 0.412 e. The van der Waals surface area contributed by atoms with Crippen molar-refractivity contribution in [1.82, 2.24) is 14.8 Å². The minimum Gasteiger partial charge on any atom is -0.328 e. The monoisotopic (exact) mass is 180 g/mol. The van der Waals surface area contributed by atoms with E-state index in [1.807, 2.05) is 0 Å². The summed E-state index contributed by atoms with van der Waals surface area (Å²) in [6.45, 7) is -0.535. The molecule has 68 valence electrons. The first-order valence-corrected chi connectivity index (χ1v) is 3.16. The Labute approximate surface area is 66.2 Å². The van der Waals surface area contributed by atoms with Crippen LogP contribution in [0.25, 0.3) is 0 Å². The highest BCUT2D eigenvalue weighted by molar-refractivity contribution is 4.75. The van der Waals surface area contributed by atoms with Gasteiger partial charge in [-0.2, -0.15) is 18.3 Å². The van der Waals surface area contributed by atoms with Crippen LogP contribution in [0.1, 0.15) is 6.04 Å². The number of hydrogen-bond donors (Lipinski definition) is 1. The number of halogens is 3. The topological polar surface area (TPSA) is 56.7 Å². The van der Waals surface area contributed by atoms with Gasteiger partial charge >= 0.3 is 6.18 Å². The largest absolute Gasteiger partial charge is 0.412 e. The Hall–Kier alpha value is -1.11. The van der Waals surface area contributed by atoms with Gasteiger partial charge in [0.25, 0.3) is 0 Å². The molecule has 12 heavy (non-hydrogen) atoms. The Morgan fingerprint density at radius 1 is 1.50 bits per heavy atom. The summed E-state index contributed by atoms with van der Waals surface area (Å²) < 4.78 is 37.0. The van der Waals surface area contributed by atoms with E-state index >= 15 is 0 Å². The van der Waals surface area contributed by atoms with Crippen molar-refractivity contribution >= 4 is 0 Å². The maximum absolute atomic E-state index is 12.1. The van der Waals surface area contributed by atoms with Gasteiger partial charge in [0.2, 0.25) is 0 Å². The van der Waals surface area contributed by atoms with Gasteiger partial charge < -0.3 is 5.73 Å². The Bertz CT molecular complexity index is 229. The van der Waals surface area contributed by atoms with Crippen LogP contribution < -0.4 is 5.73 Å². The van der Waals surface area contributed by atoms with E-state index in [4.69, 9.17) is 5.73 Å². The zero-order valence-corrected chi connectivity index (χ0v) is 5.99. The first-order chi connectivity index (χ1) is 5.55. The molecule has 1 aromatic rings. The fraction of sp³-hybridized carbons (Fsp3) is 0.600. The van der Waals surface area contributed by atoms with Crippen molar-refractivity contribution in [1.29, 1.82) is 0 Å². The molecule has 0 aliphatic rings. The fourth-order valence-corrected chi connectivity index (χ4v) is 0.770. The maximum atomic E-state index is 12.1. The second-order valence-corrected chi connectivity index (χ2v) is 2.17. The van der Waals surface area contributed by atoms with Crippen LogP contribution in [0.2, 0.25) is 0 Å². The molecule has 7 heteroatoms. The van der Waals surface area contributed by atoms with Crippen LogP contribution in [0.3, 0.4) is 0 Å². The summed E-state index contributed by atoms with van der Waals surface area (Å²) in [4.78, 5) is 3.40. The lowest BCUT2D eigenvalue weighted by atomic mass is 10.3. The molecule has 2 N–H and O–H groups in total. The van der Waals surface area contributed by atoms with Gasteiger partial charge in [-0.15, -0.1) is 0 Å². The molecule has 1 atom stereocenters. The quantitative estimate of drug-likeness (QED) is 0.713. The van der Waals surface area contributed by atoms with Gasteiger partial charge in [-0.3, -0.25) is 0 Å². The molecule has 1 heterocycles. The van der Waals surface area contributed by atoms with Gasteiger partial charge in [0.15, 0.2) is 6.04 Å². The molecule has 0 bridgehead atoms. The molecule has 0 aliphatic carbocycles. The average Bonchev–Trinajstić information content (AvgIpc) is 2.38. The van der Waals surface area contributed by atoms with E-state index in [0.717, 1.165) is 12.7 Å². The van der Waals surface area contributed by atoms with Gasteiger partial charge in [0.1, 0.15) is 12.7 Å². The van der Waals surface area contributed by atoms with Crippen LogP contribution in [0.15, 0.2) is 12.7 Å². The summed E-state index contributed by atoms with van der Waals surface area (Å²) in [6, 6.07) is -1.78. The van der Waals surface area contributed by atoms with Crippen LogP contribution in [0.5, 0.6) is 0 Å². The van der Waals surface area contributed by atoms with Gasteiger partial charge in [0, 0.05) is 6.54 Å². The third-order valence-corrected chi connectivity index (χ3v) is 1.36. The average molecular weight is 180 g/mol. The standard InChI is InChI=1S/C5H7F3N4/c6-5(7,8)4(1-9)12-3-10-2-11-12/h2-4H,1,9H2/t4-/m0/s1. The van der Waals surface area contributed by atoms with Crippen LogP contribution in [0.4, 0.5) is 13.2 Å². The van der Waals surface area contributed by atoms with Crippen molar-refractivity contribution < 1.29 is 13.2 Å². The lowest BCUT2D eigenvalue weighted by Gasteiger charge is -2.17. The summed E-state index contributed by atoms with van der Waals surface area (Å²) >= 11 is 0. The molecular weight excluding hydrogens is 173 g/mol. The van der Waals surface area contributed by atoms with Crippen LogP contribution >= 0.6 is 0 Å². The molecule has 0 amide bonds. The Balaban J connectivity index is 2.84. The van der Waals surface area contributed by atoms with Crippen molar-refractivity contribution in [2.45, 2.75) is 12.2 Å². The van der Waals surface area contributed by atoms with Gasteiger partial charge in [0.05, 0.1) is 0 Å². The second-order valence-electron chi connectivity index (χ2n) is 2.17. The minimum absolute atomic E-state index is 0.535. The first kappa shape index (κ1) is 8.98. The van der Waals surface area contributed by atoms with E-state index < -0.39 is 18.8 Å². The number of alkyl halides is 3. The molecule has 0 saturated carbocycles. The zero-order chi connectivity index (χ0) is 9.19. The predicted octanol–water partition coefficient (Wildman–Crippen LogP) is 0.340. The highest BCUT2D eigenvalue weighted by atomic mass is 19.4. The van der Waals surface area contributed by atoms with E-state index in [0.29, 0.717) is 4.68 Å². The minimum atomic E-state index is -4.37. The molecule has 0 fully saturated rings. The van der Waals surface area contributed by atoms with Crippen molar-refractivity contribution in [3.8, 4) is 0 Å². The normalized spacial score (nSPS) is 14.7. The summed E-state index contributed by atoms with van der Waals surface area (Å²) in [5.41, 5.74) is 4.94. The zero-order valence-electron chi connectivity index (χ0n) is 5.99. The summed E-state index contributed by atoms with van der Waals surface area (Å²) in [7, 11) is 0. The van der Waals surface area contributed by atoms with Crippen molar-refractivity contribution in [3.63, 3.8) is 0 Å². The number of nitrogens with zero attached hydrogens (tertiary/aromatic N) is 3. The molecule has 0 unspecified atom stereocenters. The van der Waals surface area contributed by atoms with E-state index in [9.17, 15) is 13.2 Å². The highest BCUT2D eigenvalue weighted by Gasteiger charge is 2.40. The van der Waals surface area contributed by atoms with Crippen molar-refractivity contribution in [2.75, 3.05) is 6.54 Å². The number of nitrogens with two attached hydrogens (primary N) is 1. The summed E-state index contributed by atoms with van der Waals surface area (Å²) in [5.74, 6) is 0. The number of aromatic nitrogens is 3. The third kappa shape index (κ3) is 1.73. The van der Waals surface area contributed by atoms with Crippen LogP contribution in [0, 0.1) is 0 Å². The van der Waals surface area contributed by atoms with Gasteiger partial charge in [-0.05, 0) is 0 Å². The van der Waals surface area contributed by atoms with Gasteiger partial charge in [-0.1, -0.05) is 0 Å². The van der Waals surface area contributed by atoms with Crippen molar-refractivity contribution in [3.05, 3.63) is 12.7 Å². The SMILES string of the molecule is NC[C@H](n1cncn1)C(F)(F)F. The van der Waals surface area contributed by atoms with Crippen LogP contribution in [-0.4, -0.2) is 27.5 Å². The summed E-state index contributed by atoms with van der Waals surface area (Å²) in [5, 5.41) is 3.36. The molecular formula is C5H7F3N4. The first-order valence-electron chi connectivity index (χ1n) is 3.16. The lowest BCUT2D eigenvalue weighted by molar-refractivity contribution is -0.167. The molecule has 0 saturated heterocycles. The molecule has 1 aromatic heterocycles. The molecule has 0 aliphatic heterocycles. The van der Waals surface area contributed by atoms with Crippen molar-refractivity contribution in [2.24, 2.45) is 5.73 Å². The summed E-state index contributed by atoms with van der Waals surface area (Å²) in [6.07, 6.45) is -2.35. The Kier molecular flexibility index (Phi) is 2.32. The third-order valence-electron chi connectivity index (χ3n) is 1.36. The van der Waals surface area contributed by atoms with Gasteiger partial charge in [-0.25, -0.2) is 9.67 Å². The van der Waals surface area contributed by atoms with E-state index in [1.54, 1.807) is 0 Å². The predicted molar refractivity (Wildman–Crippen MR) is 34.2 cm³/mol. The molecule has 0 aromatic carbocycles. The molecule has 0 radical (unpaired) electrons. The molecule has 1 rings (SSSR count). The number of hydrogen-bond acceptors (Lipinski definition) is 3. The molecule has 4 nitrogen and oxygen atoms in total. The fourth-order valence-electron chi connectivity index (χ4n) is 0.770. The number of rotatable bonds is 2. The van der Waals surface area contributed by atoms with Crippen LogP contribution in [-0.2, 0) is 0 Å². The Morgan fingerprint density at radius 2 is 2.17 bits per heavy atom.